The average Bonchev–Trinajstić information content (AvgIpc) is 3.04. The van der Waals surface area contributed by atoms with E-state index < -0.39 is 5.97 Å². The highest BCUT2D eigenvalue weighted by atomic mass is 32.1. The molecule has 1 N–H and O–H groups in total. The van der Waals surface area contributed by atoms with E-state index >= 15 is 0 Å². The van der Waals surface area contributed by atoms with Gasteiger partial charge in [0.25, 0.3) is 5.91 Å². The molecule has 1 saturated carbocycles. The summed E-state index contributed by atoms with van der Waals surface area (Å²) in [7, 11) is 0. The van der Waals surface area contributed by atoms with Crippen molar-refractivity contribution in [2.75, 3.05) is 6.61 Å². The molecule has 2 aromatic rings. The third-order valence-corrected chi connectivity index (χ3v) is 5.98. The molecule has 138 valence electrons. The zero-order valence-electron chi connectivity index (χ0n) is 15.2. The van der Waals surface area contributed by atoms with E-state index in [1.165, 1.54) is 17.8 Å². The zero-order chi connectivity index (χ0) is 18.5. The van der Waals surface area contributed by atoms with E-state index in [0.717, 1.165) is 29.8 Å². The third kappa shape index (κ3) is 4.49. The lowest BCUT2D eigenvalue weighted by atomic mass is 9.86. The number of ether oxygens (including phenoxy) is 1. The van der Waals surface area contributed by atoms with Crippen molar-refractivity contribution in [3.05, 3.63) is 40.9 Å². The summed E-state index contributed by atoms with van der Waals surface area (Å²) >= 11 is 1.29. The van der Waals surface area contributed by atoms with Crippen molar-refractivity contribution < 1.29 is 14.3 Å². The molecule has 6 heteroatoms. The van der Waals surface area contributed by atoms with Gasteiger partial charge in [-0.05, 0) is 25.7 Å². The van der Waals surface area contributed by atoms with Crippen molar-refractivity contribution in [1.82, 2.24) is 10.3 Å². The summed E-state index contributed by atoms with van der Waals surface area (Å²) in [6.45, 7) is 3.69. The molecule has 0 spiro atoms. The summed E-state index contributed by atoms with van der Waals surface area (Å²) in [4.78, 5) is 29.3. The highest BCUT2D eigenvalue weighted by Gasteiger charge is 2.24. The normalized spacial score (nSPS) is 19.8. The first-order chi connectivity index (χ1) is 12.5. The van der Waals surface area contributed by atoms with E-state index in [1.807, 2.05) is 30.3 Å². The first kappa shape index (κ1) is 18.6. The Morgan fingerprint density at radius 1 is 1.23 bits per heavy atom. The highest BCUT2D eigenvalue weighted by molar-refractivity contribution is 7.17. The van der Waals surface area contributed by atoms with Gasteiger partial charge in [-0.3, -0.25) is 4.79 Å². The van der Waals surface area contributed by atoms with Crippen LogP contribution in [0.5, 0.6) is 0 Å². The molecule has 0 bridgehead atoms. The molecule has 0 saturated heterocycles. The van der Waals surface area contributed by atoms with Crippen molar-refractivity contribution >= 4 is 23.2 Å². The molecule has 1 aromatic carbocycles. The lowest BCUT2D eigenvalue weighted by Crippen LogP contribution is -2.42. The zero-order valence-corrected chi connectivity index (χ0v) is 16.0. The van der Waals surface area contributed by atoms with Gasteiger partial charge in [-0.1, -0.05) is 50.1 Å². The first-order valence-electron chi connectivity index (χ1n) is 9.04. The monoisotopic (exact) mass is 372 g/mol. The Kier molecular flexibility index (Phi) is 6.04. The van der Waals surface area contributed by atoms with E-state index in [4.69, 9.17) is 4.74 Å². The van der Waals surface area contributed by atoms with Crippen molar-refractivity contribution in [1.29, 1.82) is 0 Å². The predicted octanol–water partition coefficient (Wildman–Crippen LogP) is 3.97. The van der Waals surface area contributed by atoms with E-state index in [-0.39, 0.29) is 18.6 Å². The number of hydrogen-bond acceptors (Lipinski definition) is 5. The summed E-state index contributed by atoms with van der Waals surface area (Å²) in [5, 5.41) is 3.77. The fourth-order valence-corrected chi connectivity index (χ4v) is 4.23. The fourth-order valence-electron chi connectivity index (χ4n) is 3.27. The molecule has 1 amide bonds. The van der Waals surface area contributed by atoms with Crippen LogP contribution in [0.15, 0.2) is 30.3 Å². The van der Waals surface area contributed by atoms with E-state index in [0.29, 0.717) is 16.5 Å². The van der Waals surface area contributed by atoms with Gasteiger partial charge in [0.2, 0.25) is 0 Å². The molecule has 2 atom stereocenters. The molecule has 0 unspecified atom stereocenters. The highest BCUT2D eigenvalue weighted by Crippen LogP contribution is 2.28. The van der Waals surface area contributed by atoms with Crippen LogP contribution in [0, 0.1) is 12.8 Å². The molecular formula is C20H24N2O3S. The third-order valence-electron chi connectivity index (χ3n) is 4.79. The standard InChI is InChI=1S/C20H24N2O3S/c1-13-8-6-7-11-16(13)22-17(23)12-25-20(24)18-14(2)21-19(26-18)15-9-4-3-5-10-15/h3-5,9-10,13,16H,6-8,11-12H2,1-2H3,(H,22,23)/t13-,16-/m1/s1. The average molecular weight is 372 g/mol. The fraction of sp³-hybridized carbons (Fsp3) is 0.450. The van der Waals surface area contributed by atoms with E-state index in [9.17, 15) is 9.59 Å². The van der Waals surface area contributed by atoms with Gasteiger partial charge in [-0.25, -0.2) is 9.78 Å². The summed E-state index contributed by atoms with van der Waals surface area (Å²) in [6.07, 6.45) is 4.48. The Balaban J connectivity index is 1.56. The van der Waals surface area contributed by atoms with Crippen molar-refractivity contribution in [3.8, 4) is 10.6 Å². The molecule has 26 heavy (non-hydrogen) atoms. The Morgan fingerprint density at radius 2 is 1.96 bits per heavy atom. The lowest BCUT2D eigenvalue weighted by molar-refractivity contribution is -0.125. The molecular weight excluding hydrogens is 348 g/mol. The molecule has 0 radical (unpaired) electrons. The van der Waals surface area contributed by atoms with Gasteiger partial charge in [0, 0.05) is 11.6 Å². The quantitative estimate of drug-likeness (QED) is 0.807. The van der Waals surface area contributed by atoms with Crippen LogP contribution in [-0.2, 0) is 9.53 Å². The lowest BCUT2D eigenvalue weighted by Gasteiger charge is -2.29. The van der Waals surface area contributed by atoms with Crippen LogP contribution < -0.4 is 5.32 Å². The Morgan fingerprint density at radius 3 is 2.69 bits per heavy atom. The molecule has 3 rings (SSSR count). The largest absolute Gasteiger partial charge is 0.451 e. The number of aryl methyl sites for hydroxylation is 1. The smallest absolute Gasteiger partial charge is 0.350 e. The molecule has 0 aliphatic heterocycles. The van der Waals surface area contributed by atoms with Crippen LogP contribution >= 0.6 is 11.3 Å². The minimum atomic E-state index is -0.492. The van der Waals surface area contributed by atoms with Crippen LogP contribution in [0.4, 0.5) is 0 Å². The van der Waals surface area contributed by atoms with Gasteiger partial charge in [-0.2, -0.15) is 0 Å². The molecule has 1 heterocycles. The van der Waals surface area contributed by atoms with Crippen molar-refractivity contribution in [2.24, 2.45) is 5.92 Å². The number of nitrogens with zero attached hydrogens (tertiary/aromatic N) is 1. The van der Waals surface area contributed by atoms with E-state index in [1.54, 1.807) is 6.92 Å². The summed E-state index contributed by atoms with van der Waals surface area (Å²) in [6, 6.07) is 9.88. The first-order valence-corrected chi connectivity index (χ1v) is 9.85. The van der Waals surface area contributed by atoms with E-state index in [2.05, 4.69) is 17.2 Å². The summed E-state index contributed by atoms with van der Waals surface area (Å²) in [5.41, 5.74) is 1.59. The second-order valence-electron chi connectivity index (χ2n) is 6.81. The van der Waals surface area contributed by atoms with Crippen LogP contribution in [0.2, 0.25) is 0 Å². The number of hydrogen-bond donors (Lipinski definition) is 1. The topological polar surface area (TPSA) is 68.3 Å². The molecule has 1 fully saturated rings. The molecule has 1 aliphatic carbocycles. The maximum Gasteiger partial charge on any atom is 0.350 e. The number of thiazole rings is 1. The summed E-state index contributed by atoms with van der Waals surface area (Å²) in [5.74, 6) is -0.253. The van der Waals surface area contributed by atoms with Crippen LogP contribution in [0.1, 0.15) is 48.0 Å². The van der Waals surface area contributed by atoms with Crippen molar-refractivity contribution in [3.63, 3.8) is 0 Å². The minimum Gasteiger partial charge on any atom is -0.451 e. The van der Waals surface area contributed by atoms with Gasteiger partial charge < -0.3 is 10.1 Å². The molecule has 1 aromatic heterocycles. The van der Waals surface area contributed by atoms with Gasteiger partial charge in [0.15, 0.2) is 6.61 Å². The van der Waals surface area contributed by atoms with Gasteiger partial charge in [-0.15, -0.1) is 11.3 Å². The predicted molar refractivity (Wildman–Crippen MR) is 102 cm³/mol. The number of amides is 1. The number of nitrogens with one attached hydrogen (secondary N) is 1. The Hall–Kier alpha value is -2.21. The number of carbonyl (C=O) groups excluding carboxylic acids is 2. The van der Waals surface area contributed by atoms with Crippen LogP contribution in [0.25, 0.3) is 10.6 Å². The molecule has 5 nitrogen and oxygen atoms in total. The number of esters is 1. The summed E-state index contributed by atoms with van der Waals surface area (Å²) < 4.78 is 5.22. The van der Waals surface area contributed by atoms with Gasteiger partial charge >= 0.3 is 5.97 Å². The minimum absolute atomic E-state index is 0.185. The second kappa shape index (κ2) is 8.45. The second-order valence-corrected chi connectivity index (χ2v) is 7.81. The molecule has 1 aliphatic rings. The number of benzene rings is 1. The Labute approximate surface area is 157 Å². The van der Waals surface area contributed by atoms with Gasteiger partial charge in [0.05, 0.1) is 5.69 Å². The number of aromatic nitrogens is 1. The SMILES string of the molecule is Cc1nc(-c2ccccc2)sc1C(=O)OCC(=O)N[C@@H]1CCCC[C@H]1C. The maximum atomic E-state index is 12.3. The van der Waals surface area contributed by atoms with Crippen molar-refractivity contribution in [2.45, 2.75) is 45.6 Å². The maximum absolute atomic E-state index is 12.3. The number of carbonyl (C=O) groups is 2. The van der Waals surface area contributed by atoms with Gasteiger partial charge in [0.1, 0.15) is 9.88 Å². The Bertz CT molecular complexity index is 773. The van der Waals surface area contributed by atoms with Crippen LogP contribution in [0.3, 0.4) is 0 Å². The van der Waals surface area contributed by atoms with Crippen LogP contribution in [-0.4, -0.2) is 29.5 Å². The number of rotatable bonds is 5.